The summed E-state index contributed by atoms with van der Waals surface area (Å²) in [7, 11) is -3.62. The molecule has 2 rings (SSSR count). The summed E-state index contributed by atoms with van der Waals surface area (Å²) in [5, 5.41) is 8.15. The Morgan fingerprint density at radius 3 is 2.50 bits per heavy atom. The molecule has 106 valence electrons. The van der Waals surface area contributed by atoms with E-state index in [-0.39, 0.29) is 4.90 Å². The van der Waals surface area contributed by atoms with E-state index >= 15 is 0 Å². The Hall–Kier alpha value is -1.99. The number of anilines is 1. The standard InChI is InChI=1S/C13H16N4O2S/c1-10-6-8-15-13(17-10)16-9-7-11-2-4-12(5-3-11)20(14,18)19/h2-6,8H,7,9H2,1H3,(H2,14,18,19)(H,15,16,17). The van der Waals surface area contributed by atoms with Crippen molar-refractivity contribution >= 4 is 16.0 Å². The molecule has 1 heterocycles. The number of aryl methyl sites for hydroxylation is 1. The molecule has 1 aromatic carbocycles. The molecule has 7 heteroatoms. The van der Waals surface area contributed by atoms with Crippen molar-refractivity contribution in [1.82, 2.24) is 9.97 Å². The lowest BCUT2D eigenvalue weighted by Gasteiger charge is -2.06. The van der Waals surface area contributed by atoms with Gasteiger partial charge in [0.25, 0.3) is 0 Å². The second kappa shape index (κ2) is 5.98. The van der Waals surface area contributed by atoms with Gasteiger partial charge in [-0.3, -0.25) is 0 Å². The van der Waals surface area contributed by atoms with Crippen LogP contribution in [0.5, 0.6) is 0 Å². The fraction of sp³-hybridized carbons (Fsp3) is 0.231. The minimum atomic E-state index is -3.62. The Morgan fingerprint density at radius 2 is 1.90 bits per heavy atom. The molecule has 0 unspecified atom stereocenters. The van der Waals surface area contributed by atoms with E-state index in [1.807, 2.05) is 13.0 Å². The van der Waals surface area contributed by atoms with Crippen LogP contribution in [0.25, 0.3) is 0 Å². The molecule has 0 fully saturated rings. The second-order valence-electron chi connectivity index (χ2n) is 4.39. The average Bonchev–Trinajstić information content (AvgIpc) is 2.38. The molecule has 0 aliphatic carbocycles. The number of nitrogens with zero attached hydrogens (tertiary/aromatic N) is 2. The maximum atomic E-state index is 11.1. The maximum Gasteiger partial charge on any atom is 0.238 e. The largest absolute Gasteiger partial charge is 0.354 e. The highest BCUT2D eigenvalue weighted by Gasteiger charge is 2.06. The van der Waals surface area contributed by atoms with Gasteiger partial charge in [0.15, 0.2) is 0 Å². The van der Waals surface area contributed by atoms with E-state index in [9.17, 15) is 8.42 Å². The number of primary sulfonamides is 1. The van der Waals surface area contributed by atoms with Gasteiger partial charge in [-0.05, 0) is 37.1 Å². The van der Waals surface area contributed by atoms with E-state index in [0.717, 1.165) is 17.7 Å². The molecule has 6 nitrogen and oxygen atoms in total. The van der Waals surface area contributed by atoms with E-state index in [2.05, 4.69) is 15.3 Å². The molecule has 0 saturated heterocycles. The van der Waals surface area contributed by atoms with Crippen molar-refractivity contribution in [2.24, 2.45) is 5.14 Å². The first-order chi connectivity index (χ1) is 9.45. The number of nitrogens with two attached hydrogens (primary N) is 1. The van der Waals surface area contributed by atoms with Crippen molar-refractivity contribution in [3.63, 3.8) is 0 Å². The van der Waals surface area contributed by atoms with Gasteiger partial charge in [0.1, 0.15) is 0 Å². The first-order valence-corrected chi connectivity index (χ1v) is 7.65. The summed E-state index contributed by atoms with van der Waals surface area (Å²) >= 11 is 0. The Balaban J connectivity index is 1.92. The smallest absolute Gasteiger partial charge is 0.238 e. The van der Waals surface area contributed by atoms with E-state index < -0.39 is 10.0 Å². The van der Waals surface area contributed by atoms with Crippen molar-refractivity contribution < 1.29 is 8.42 Å². The van der Waals surface area contributed by atoms with Crippen LogP contribution in [0.15, 0.2) is 41.4 Å². The molecule has 20 heavy (non-hydrogen) atoms. The summed E-state index contributed by atoms with van der Waals surface area (Å²) in [5.74, 6) is 0.589. The number of aromatic nitrogens is 2. The summed E-state index contributed by atoms with van der Waals surface area (Å²) < 4.78 is 22.2. The van der Waals surface area contributed by atoms with Crippen molar-refractivity contribution in [3.05, 3.63) is 47.8 Å². The summed E-state index contributed by atoms with van der Waals surface area (Å²) in [6.07, 6.45) is 2.44. The van der Waals surface area contributed by atoms with Gasteiger partial charge in [0.2, 0.25) is 16.0 Å². The number of hydrogen-bond acceptors (Lipinski definition) is 5. The molecule has 0 bridgehead atoms. The van der Waals surface area contributed by atoms with Crippen LogP contribution in [0.2, 0.25) is 0 Å². The third-order valence-corrected chi connectivity index (χ3v) is 3.67. The van der Waals surface area contributed by atoms with Crippen LogP contribution in [-0.4, -0.2) is 24.9 Å². The molecule has 0 aliphatic heterocycles. The zero-order valence-corrected chi connectivity index (χ0v) is 11.9. The molecule has 2 aromatic rings. The average molecular weight is 292 g/mol. The first-order valence-electron chi connectivity index (χ1n) is 6.10. The number of hydrogen-bond donors (Lipinski definition) is 2. The first kappa shape index (κ1) is 14.4. The Morgan fingerprint density at radius 1 is 1.20 bits per heavy atom. The summed E-state index contributed by atoms with van der Waals surface area (Å²) in [6.45, 7) is 2.57. The molecule has 0 amide bonds. The van der Waals surface area contributed by atoms with Crippen LogP contribution >= 0.6 is 0 Å². The van der Waals surface area contributed by atoms with Gasteiger partial charge in [-0.25, -0.2) is 23.5 Å². The monoisotopic (exact) mass is 292 g/mol. The number of sulfonamides is 1. The van der Waals surface area contributed by atoms with E-state index in [1.165, 1.54) is 12.1 Å². The second-order valence-corrected chi connectivity index (χ2v) is 5.95. The fourth-order valence-corrected chi connectivity index (χ4v) is 2.21. The van der Waals surface area contributed by atoms with Gasteiger partial charge in [-0.2, -0.15) is 0 Å². The summed E-state index contributed by atoms with van der Waals surface area (Å²) in [4.78, 5) is 8.45. The highest BCUT2D eigenvalue weighted by molar-refractivity contribution is 7.89. The SMILES string of the molecule is Cc1ccnc(NCCc2ccc(S(N)(=O)=O)cc2)n1. The zero-order valence-electron chi connectivity index (χ0n) is 11.1. The zero-order chi connectivity index (χ0) is 14.6. The van der Waals surface area contributed by atoms with Gasteiger partial charge >= 0.3 is 0 Å². The third-order valence-electron chi connectivity index (χ3n) is 2.74. The van der Waals surface area contributed by atoms with Crippen LogP contribution < -0.4 is 10.5 Å². The van der Waals surface area contributed by atoms with Gasteiger partial charge in [-0.1, -0.05) is 12.1 Å². The summed E-state index contributed by atoms with van der Waals surface area (Å²) in [5.41, 5.74) is 1.91. The van der Waals surface area contributed by atoms with Gasteiger partial charge < -0.3 is 5.32 Å². The molecule has 0 aliphatic rings. The van der Waals surface area contributed by atoms with E-state index in [4.69, 9.17) is 5.14 Å². The van der Waals surface area contributed by atoms with Crippen molar-refractivity contribution in [1.29, 1.82) is 0 Å². The minimum absolute atomic E-state index is 0.122. The molecule has 3 N–H and O–H groups in total. The van der Waals surface area contributed by atoms with E-state index in [0.29, 0.717) is 12.5 Å². The molecular weight excluding hydrogens is 276 g/mol. The number of nitrogens with one attached hydrogen (secondary N) is 1. The van der Waals surface area contributed by atoms with Crippen LogP contribution in [0, 0.1) is 6.92 Å². The fourth-order valence-electron chi connectivity index (χ4n) is 1.70. The molecule has 0 radical (unpaired) electrons. The number of rotatable bonds is 5. The maximum absolute atomic E-state index is 11.1. The van der Waals surface area contributed by atoms with Crippen molar-refractivity contribution in [2.75, 3.05) is 11.9 Å². The van der Waals surface area contributed by atoms with Crippen LogP contribution in [-0.2, 0) is 16.4 Å². The molecule has 0 spiro atoms. The predicted molar refractivity (Wildman–Crippen MR) is 76.8 cm³/mol. The number of benzene rings is 1. The quantitative estimate of drug-likeness (QED) is 0.859. The van der Waals surface area contributed by atoms with Crippen molar-refractivity contribution in [3.8, 4) is 0 Å². The van der Waals surface area contributed by atoms with Crippen LogP contribution in [0.4, 0.5) is 5.95 Å². The van der Waals surface area contributed by atoms with E-state index in [1.54, 1.807) is 18.3 Å². The van der Waals surface area contributed by atoms with Gasteiger partial charge in [-0.15, -0.1) is 0 Å². The lowest BCUT2D eigenvalue weighted by atomic mass is 10.1. The Kier molecular flexibility index (Phi) is 4.31. The van der Waals surface area contributed by atoms with Crippen LogP contribution in [0.3, 0.4) is 0 Å². The highest BCUT2D eigenvalue weighted by atomic mass is 32.2. The molecular formula is C13H16N4O2S. The molecule has 0 atom stereocenters. The Bertz CT molecular complexity index is 684. The van der Waals surface area contributed by atoms with Crippen LogP contribution in [0.1, 0.15) is 11.3 Å². The van der Waals surface area contributed by atoms with Gasteiger partial charge in [0, 0.05) is 18.4 Å². The molecule has 1 aromatic heterocycles. The predicted octanol–water partition coefficient (Wildman–Crippen LogP) is 1.09. The topological polar surface area (TPSA) is 98.0 Å². The summed E-state index contributed by atoms with van der Waals surface area (Å²) in [6, 6.07) is 8.34. The Labute approximate surface area is 118 Å². The van der Waals surface area contributed by atoms with Gasteiger partial charge in [0.05, 0.1) is 4.90 Å². The minimum Gasteiger partial charge on any atom is -0.354 e. The highest BCUT2D eigenvalue weighted by Crippen LogP contribution is 2.09. The lowest BCUT2D eigenvalue weighted by molar-refractivity contribution is 0.598. The lowest BCUT2D eigenvalue weighted by Crippen LogP contribution is -2.12. The molecule has 0 saturated carbocycles. The normalized spacial score (nSPS) is 11.3. The van der Waals surface area contributed by atoms with Crippen molar-refractivity contribution in [2.45, 2.75) is 18.2 Å². The third kappa shape index (κ3) is 4.01.